The molecule has 0 aromatic heterocycles. The predicted octanol–water partition coefficient (Wildman–Crippen LogP) is 3.72. The maximum Gasteiger partial charge on any atom is 0.163 e. The highest BCUT2D eigenvalue weighted by Crippen LogP contribution is 2.54. The smallest absolute Gasteiger partial charge is 0.163 e. The summed E-state index contributed by atoms with van der Waals surface area (Å²) in [6.45, 7) is 6.46. The third-order valence-electron chi connectivity index (χ3n) is 3.76. The van der Waals surface area contributed by atoms with Crippen LogP contribution in [0.3, 0.4) is 0 Å². The number of benzene rings is 1. The summed E-state index contributed by atoms with van der Waals surface area (Å²) < 4.78 is 27.6. The third-order valence-corrected chi connectivity index (χ3v) is 3.76. The summed E-state index contributed by atoms with van der Waals surface area (Å²) in [5.41, 5.74) is 0.913. The van der Waals surface area contributed by atoms with Crippen LogP contribution in [0.5, 0.6) is 0 Å². The lowest BCUT2D eigenvalue weighted by Gasteiger charge is -2.25. The summed E-state index contributed by atoms with van der Waals surface area (Å²) in [7, 11) is 0. The lowest BCUT2D eigenvalue weighted by atomic mass is 9.90. The van der Waals surface area contributed by atoms with Crippen LogP contribution >= 0.6 is 0 Å². The molecule has 1 unspecified atom stereocenters. The molecule has 1 N–H and O–H groups in total. The first-order chi connectivity index (χ1) is 7.99. The molecule has 2 rings (SSSR count). The zero-order chi connectivity index (χ0) is 12.6. The van der Waals surface area contributed by atoms with Crippen LogP contribution in [-0.2, 0) is 0 Å². The van der Waals surface area contributed by atoms with Gasteiger partial charge in [-0.3, -0.25) is 0 Å². The van der Waals surface area contributed by atoms with Gasteiger partial charge in [-0.15, -0.1) is 0 Å². The maximum atomic E-state index is 14.0. The first kappa shape index (κ1) is 12.5. The summed E-state index contributed by atoms with van der Waals surface area (Å²) >= 11 is 0. The highest BCUT2D eigenvalue weighted by Gasteiger charge is 2.46. The van der Waals surface area contributed by atoms with Gasteiger partial charge in [-0.1, -0.05) is 26.0 Å². The van der Waals surface area contributed by atoms with E-state index >= 15 is 0 Å². The van der Waals surface area contributed by atoms with Crippen LogP contribution in [0.15, 0.2) is 12.1 Å². The molecular formula is C14H19F2N. The third kappa shape index (κ3) is 2.21. The fraction of sp³-hybridized carbons (Fsp3) is 0.571. The molecular weight excluding hydrogens is 220 g/mol. The molecule has 1 aliphatic carbocycles. The van der Waals surface area contributed by atoms with E-state index in [1.165, 1.54) is 0 Å². The van der Waals surface area contributed by atoms with E-state index in [2.05, 4.69) is 12.2 Å². The summed E-state index contributed by atoms with van der Waals surface area (Å²) in [5.74, 6) is -1.40. The monoisotopic (exact) mass is 239 g/mol. The second-order valence-corrected chi connectivity index (χ2v) is 5.24. The molecule has 1 fully saturated rings. The number of nitrogens with one attached hydrogen (secondary N) is 1. The molecule has 0 bridgehead atoms. The van der Waals surface area contributed by atoms with Crippen molar-refractivity contribution in [3.63, 3.8) is 0 Å². The summed E-state index contributed by atoms with van der Waals surface area (Å²) in [5, 5.41) is 3.28. The Labute approximate surface area is 101 Å². The van der Waals surface area contributed by atoms with Crippen LogP contribution in [0.4, 0.5) is 8.78 Å². The predicted molar refractivity (Wildman–Crippen MR) is 64.9 cm³/mol. The molecule has 1 saturated carbocycles. The van der Waals surface area contributed by atoms with E-state index in [9.17, 15) is 8.78 Å². The molecule has 0 spiro atoms. The van der Waals surface area contributed by atoms with Gasteiger partial charge in [0.25, 0.3) is 0 Å². The number of halogens is 2. The van der Waals surface area contributed by atoms with Crippen LogP contribution in [0.1, 0.15) is 43.9 Å². The van der Waals surface area contributed by atoms with E-state index in [0.717, 1.165) is 19.4 Å². The van der Waals surface area contributed by atoms with Crippen molar-refractivity contribution < 1.29 is 8.78 Å². The highest BCUT2D eigenvalue weighted by molar-refractivity contribution is 5.30. The second-order valence-electron chi connectivity index (χ2n) is 5.24. The van der Waals surface area contributed by atoms with E-state index in [1.54, 1.807) is 19.1 Å². The Morgan fingerprint density at radius 2 is 1.94 bits per heavy atom. The average molecular weight is 239 g/mol. The van der Waals surface area contributed by atoms with Gasteiger partial charge in [0.1, 0.15) is 0 Å². The van der Waals surface area contributed by atoms with E-state index in [1.807, 2.05) is 6.92 Å². The fourth-order valence-corrected chi connectivity index (χ4v) is 2.31. The molecule has 0 heterocycles. The van der Waals surface area contributed by atoms with Crippen LogP contribution in [0.2, 0.25) is 0 Å². The normalized spacial score (nSPS) is 19.1. The Morgan fingerprint density at radius 3 is 2.47 bits per heavy atom. The summed E-state index contributed by atoms with van der Waals surface area (Å²) in [4.78, 5) is 0. The molecule has 1 aliphatic rings. The van der Waals surface area contributed by atoms with Crippen LogP contribution < -0.4 is 5.32 Å². The number of hydrogen-bond acceptors (Lipinski definition) is 1. The van der Waals surface area contributed by atoms with Gasteiger partial charge in [0, 0.05) is 11.6 Å². The molecule has 0 saturated heterocycles. The molecule has 0 aliphatic heterocycles. The zero-order valence-electron chi connectivity index (χ0n) is 10.6. The molecule has 94 valence electrons. The molecule has 1 nitrogen and oxygen atoms in total. The van der Waals surface area contributed by atoms with E-state index in [-0.39, 0.29) is 11.5 Å². The van der Waals surface area contributed by atoms with Gasteiger partial charge in [-0.2, -0.15) is 0 Å². The van der Waals surface area contributed by atoms with Gasteiger partial charge >= 0.3 is 0 Å². The van der Waals surface area contributed by atoms with Gasteiger partial charge in [0.05, 0.1) is 0 Å². The van der Waals surface area contributed by atoms with Crippen LogP contribution in [0, 0.1) is 24.0 Å². The second kappa shape index (κ2) is 4.37. The molecule has 0 amide bonds. The van der Waals surface area contributed by atoms with E-state index in [0.29, 0.717) is 11.1 Å². The zero-order valence-corrected chi connectivity index (χ0v) is 10.6. The van der Waals surface area contributed by atoms with Crippen molar-refractivity contribution in [2.45, 2.75) is 39.7 Å². The van der Waals surface area contributed by atoms with Gasteiger partial charge in [0.15, 0.2) is 11.6 Å². The molecule has 1 aromatic carbocycles. The Morgan fingerprint density at radius 1 is 1.29 bits per heavy atom. The molecule has 17 heavy (non-hydrogen) atoms. The Hall–Kier alpha value is -0.960. The quantitative estimate of drug-likeness (QED) is 0.844. The Balaban J connectivity index is 2.40. The lowest BCUT2D eigenvalue weighted by Crippen LogP contribution is -2.29. The summed E-state index contributed by atoms with van der Waals surface area (Å²) in [6, 6.07) is 3.29. The average Bonchev–Trinajstić information content (AvgIpc) is 3.03. The van der Waals surface area contributed by atoms with Gasteiger partial charge < -0.3 is 5.32 Å². The molecule has 1 aromatic rings. The minimum atomic E-state index is -0.713. The van der Waals surface area contributed by atoms with Crippen molar-refractivity contribution >= 4 is 0 Å². The van der Waals surface area contributed by atoms with Crippen molar-refractivity contribution in [1.82, 2.24) is 5.32 Å². The van der Waals surface area contributed by atoms with Crippen molar-refractivity contribution in [2.24, 2.45) is 5.41 Å². The number of rotatable bonds is 4. The first-order valence-electron chi connectivity index (χ1n) is 6.17. The molecule has 0 radical (unpaired) electrons. The maximum absolute atomic E-state index is 14.0. The Bertz CT molecular complexity index is 424. The minimum Gasteiger partial charge on any atom is -0.310 e. The largest absolute Gasteiger partial charge is 0.310 e. The van der Waals surface area contributed by atoms with Gasteiger partial charge in [-0.05, 0) is 37.3 Å². The fourth-order valence-electron chi connectivity index (χ4n) is 2.31. The van der Waals surface area contributed by atoms with Crippen molar-refractivity contribution in [2.75, 3.05) is 6.54 Å². The Kier molecular flexibility index (Phi) is 3.21. The van der Waals surface area contributed by atoms with Crippen molar-refractivity contribution in [3.05, 3.63) is 34.9 Å². The van der Waals surface area contributed by atoms with Crippen molar-refractivity contribution in [3.8, 4) is 0 Å². The van der Waals surface area contributed by atoms with E-state index in [4.69, 9.17) is 0 Å². The van der Waals surface area contributed by atoms with Crippen molar-refractivity contribution in [1.29, 1.82) is 0 Å². The minimum absolute atomic E-state index is 0.0809. The lowest BCUT2D eigenvalue weighted by molar-refractivity contribution is 0.354. The number of hydrogen-bond donors (Lipinski definition) is 1. The first-order valence-corrected chi connectivity index (χ1v) is 6.17. The highest BCUT2D eigenvalue weighted by atomic mass is 19.2. The van der Waals surface area contributed by atoms with Crippen LogP contribution in [0.25, 0.3) is 0 Å². The van der Waals surface area contributed by atoms with Crippen LogP contribution in [-0.4, -0.2) is 6.54 Å². The SMILES string of the molecule is CCNC(c1ccc(C)c(F)c1F)C1(C)CC1. The topological polar surface area (TPSA) is 12.0 Å². The standard InChI is InChI=1S/C14H19F2N/c1-4-17-13(14(3)7-8-14)10-6-5-9(2)11(15)12(10)16/h5-6,13,17H,4,7-8H2,1-3H3. The molecule has 3 heteroatoms. The number of aryl methyl sites for hydroxylation is 1. The van der Waals surface area contributed by atoms with E-state index < -0.39 is 11.6 Å². The van der Waals surface area contributed by atoms with Gasteiger partial charge in [-0.25, -0.2) is 8.78 Å². The van der Waals surface area contributed by atoms with Gasteiger partial charge in [0.2, 0.25) is 0 Å². The molecule has 1 atom stereocenters. The summed E-state index contributed by atoms with van der Waals surface area (Å²) in [6.07, 6.45) is 2.14.